The summed E-state index contributed by atoms with van der Waals surface area (Å²) in [5.41, 5.74) is -0.124. The van der Waals surface area contributed by atoms with E-state index >= 15 is 0 Å². The van der Waals surface area contributed by atoms with Crippen LogP contribution in [0.5, 0.6) is 11.5 Å². The number of sulfonamides is 1. The van der Waals surface area contributed by atoms with Crippen molar-refractivity contribution in [3.8, 4) is 11.5 Å². The van der Waals surface area contributed by atoms with E-state index in [1.165, 1.54) is 21.3 Å². The molecule has 2 aromatic carbocycles. The van der Waals surface area contributed by atoms with E-state index in [0.29, 0.717) is 50.3 Å². The van der Waals surface area contributed by atoms with Crippen LogP contribution in [0, 0.1) is 11.3 Å². The molecule has 0 unspecified atom stereocenters. The van der Waals surface area contributed by atoms with Crippen LogP contribution >= 0.6 is 0 Å². The molecule has 52 heavy (non-hydrogen) atoms. The largest absolute Gasteiger partial charge is 0.465 e. The number of benzene rings is 2. The lowest BCUT2D eigenvalue weighted by Gasteiger charge is -2.40. The van der Waals surface area contributed by atoms with Gasteiger partial charge in [0.2, 0.25) is 16.8 Å². The molecule has 2 saturated heterocycles. The summed E-state index contributed by atoms with van der Waals surface area (Å²) in [6.45, 7) is 10.3. The Hall–Kier alpha value is -3.63. The Morgan fingerprint density at radius 2 is 1.73 bits per heavy atom. The van der Waals surface area contributed by atoms with Gasteiger partial charge in [-0.2, -0.15) is 4.31 Å². The molecule has 3 amide bonds. The van der Waals surface area contributed by atoms with Crippen molar-refractivity contribution >= 4 is 22.1 Å². The van der Waals surface area contributed by atoms with Gasteiger partial charge in [0.25, 0.3) is 0 Å². The quantitative estimate of drug-likeness (QED) is 0.180. The number of carbonyl (C=O) groups is 2. The number of carbonyl (C=O) groups excluding carboxylic acids is 1. The molecule has 288 valence electrons. The molecule has 3 heterocycles. The second-order valence-electron chi connectivity index (χ2n) is 15.7. The van der Waals surface area contributed by atoms with Crippen LogP contribution in [-0.2, 0) is 25.9 Å². The van der Waals surface area contributed by atoms with Gasteiger partial charge in [-0.25, -0.2) is 18.0 Å². The number of aliphatic hydroxyl groups excluding tert-OH is 1. The monoisotopic (exact) mass is 746 g/mol. The van der Waals surface area contributed by atoms with Gasteiger partial charge >= 0.3 is 12.1 Å². The van der Waals surface area contributed by atoms with E-state index in [1.54, 1.807) is 6.07 Å². The SMILES string of the molecule is CC(C)(CCCCNC(=O)NC(C)(C)C)CN(C[C@@H](O)[C@H](Cc1ccccc1)N(C(=O)O)[C@H]1CO[C@H]2OCC[C@H]21)S(=O)(=O)c1ccc2c(c1)OCO2. The number of fused-ring (bicyclic) bond motifs is 2. The molecule has 2 fully saturated rings. The Labute approximate surface area is 306 Å². The summed E-state index contributed by atoms with van der Waals surface area (Å²) >= 11 is 0. The fourth-order valence-electron chi connectivity index (χ4n) is 7.17. The number of nitrogens with one attached hydrogen (secondary N) is 2. The summed E-state index contributed by atoms with van der Waals surface area (Å²) in [6.07, 6.45) is -0.383. The maximum atomic E-state index is 14.5. The van der Waals surface area contributed by atoms with E-state index in [2.05, 4.69) is 10.6 Å². The third-order valence-electron chi connectivity index (χ3n) is 9.71. The first kappa shape index (κ1) is 39.6. The molecular weight excluding hydrogens is 692 g/mol. The Kier molecular flexibility index (Phi) is 12.6. The second kappa shape index (κ2) is 16.6. The number of hydrogen-bond acceptors (Lipinski definition) is 9. The van der Waals surface area contributed by atoms with Crippen molar-refractivity contribution in [3.63, 3.8) is 0 Å². The van der Waals surface area contributed by atoms with E-state index in [-0.39, 0.29) is 55.3 Å². The molecule has 0 spiro atoms. The molecule has 0 aliphatic carbocycles. The van der Waals surface area contributed by atoms with E-state index < -0.39 is 46.0 Å². The fraction of sp³-hybridized carbons (Fsp3) is 0.622. The number of rotatable bonds is 16. The predicted octanol–water partition coefficient (Wildman–Crippen LogP) is 4.41. The lowest BCUT2D eigenvalue weighted by atomic mass is 9.87. The molecule has 2 aromatic rings. The Bertz CT molecular complexity index is 1630. The molecule has 3 aliphatic heterocycles. The van der Waals surface area contributed by atoms with Gasteiger partial charge in [-0.1, -0.05) is 50.6 Å². The predicted molar refractivity (Wildman–Crippen MR) is 193 cm³/mol. The Balaban J connectivity index is 1.39. The van der Waals surface area contributed by atoms with Crippen LogP contribution in [-0.4, -0.2) is 110 Å². The standard InChI is InChI=1S/C37H54N4O10S/c1-36(2,3)39-34(43)38-17-10-9-16-37(4,5)23-40(52(46,47)26-13-14-31-32(20-26)51-24-50-31)21-30(42)28(19-25-11-7-6-8-12-25)41(35(44)45)29-22-49-33-27(29)15-18-48-33/h6-8,11-14,20,27-30,33,42H,9-10,15-19,21-24H2,1-5H3,(H,44,45)(H2,38,39,43)/t27-,28-,29-,30+,33+/m0/s1. The molecule has 15 heteroatoms. The molecule has 0 radical (unpaired) electrons. The number of carboxylic acid groups (broad SMARTS) is 1. The third-order valence-corrected chi connectivity index (χ3v) is 11.5. The number of nitrogens with zero attached hydrogens (tertiary/aromatic N) is 2. The number of amides is 3. The van der Waals surface area contributed by atoms with Crippen molar-refractivity contribution < 1.29 is 47.2 Å². The second-order valence-corrected chi connectivity index (χ2v) is 17.6. The molecule has 0 saturated carbocycles. The highest BCUT2D eigenvalue weighted by Gasteiger charge is 2.49. The van der Waals surface area contributed by atoms with E-state index in [1.807, 2.05) is 65.0 Å². The van der Waals surface area contributed by atoms with Crippen LogP contribution in [0.15, 0.2) is 53.4 Å². The Morgan fingerprint density at radius 3 is 2.44 bits per heavy atom. The molecule has 3 aliphatic rings. The van der Waals surface area contributed by atoms with Gasteiger partial charge in [-0.05, 0) is 69.6 Å². The van der Waals surface area contributed by atoms with E-state index in [9.17, 15) is 28.2 Å². The average Bonchev–Trinajstić information content (AvgIpc) is 3.82. The summed E-state index contributed by atoms with van der Waals surface area (Å²) in [6, 6.07) is 11.8. The van der Waals surface area contributed by atoms with Gasteiger partial charge in [0.1, 0.15) is 0 Å². The van der Waals surface area contributed by atoms with Crippen molar-refractivity contribution in [2.75, 3.05) is 39.6 Å². The smallest absolute Gasteiger partial charge is 0.407 e. The lowest BCUT2D eigenvalue weighted by molar-refractivity contribution is -0.0906. The highest BCUT2D eigenvalue weighted by atomic mass is 32.2. The third kappa shape index (κ3) is 10.1. The van der Waals surface area contributed by atoms with Crippen LogP contribution < -0.4 is 20.1 Å². The number of urea groups is 1. The highest BCUT2D eigenvalue weighted by molar-refractivity contribution is 7.89. The van der Waals surface area contributed by atoms with Gasteiger partial charge < -0.3 is 39.8 Å². The summed E-state index contributed by atoms with van der Waals surface area (Å²) in [4.78, 5) is 26.5. The van der Waals surface area contributed by atoms with Gasteiger partial charge in [0.05, 0.1) is 36.3 Å². The van der Waals surface area contributed by atoms with Crippen molar-refractivity contribution in [1.82, 2.24) is 19.8 Å². The maximum absolute atomic E-state index is 14.5. The molecule has 4 N–H and O–H groups in total. The number of unbranched alkanes of at least 4 members (excludes halogenated alkanes) is 1. The number of hydrogen-bond donors (Lipinski definition) is 4. The van der Waals surface area contributed by atoms with Crippen molar-refractivity contribution in [3.05, 3.63) is 54.1 Å². The molecular formula is C37H54N4O10S. The van der Waals surface area contributed by atoms with Gasteiger partial charge in [-0.15, -0.1) is 0 Å². The van der Waals surface area contributed by atoms with Crippen LogP contribution in [0.3, 0.4) is 0 Å². The normalized spacial score (nSPS) is 21.1. The first-order chi connectivity index (χ1) is 24.5. The fourth-order valence-corrected chi connectivity index (χ4v) is 8.83. The zero-order valence-electron chi connectivity index (χ0n) is 30.7. The summed E-state index contributed by atoms with van der Waals surface area (Å²) in [5.74, 6) is 0.532. The van der Waals surface area contributed by atoms with Crippen LogP contribution in [0.4, 0.5) is 9.59 Å². The lowest BCUT2D eigenvalue weighted by Crippen LogP contribution is -2.58. The van der Waals surface area contributed by atoms with E-state index in [0.717, 1.165) is 5.56 Å². The average molecular weight is 747 g/mol. The molecule has 0 bridgehead atoms. The summed E-state index contributed by atoms with van der Waals surface area (Å²) in [5, 5.41) is 28.5. The van der Waals surface area contributed by atoms with Crippen molar-refractivity contribution in [2.45, 2.75) is 102 Å². The molecule has 5 rings (SSSR count). The first-order valence-corrected chi connectivity index (χ1v) is 19.4. The van der Waals surface area contributed by atoms with Gasteiger partial charge in [0, 0.05) is 37.2 Å². The zero-order valence-corrected chi connectivity index (χ0v) is 31.6. The van der Waals surface area contributed by atoms with E-state index in [4.69, 9.17) is 18.9 Å². The summed E-state index contributed by atoms with van der Waals surface area (Å²) < 4.78 is 52.7. The van der Waals surface area contributed by atoms with Crippen molar-refractivity contribution in [2.24, 2.45) is 11.3 Å². The molecule has 5 atom stereocenters. The number of ether oxygens (including phenoxy) is 4. The van der Waals surface area contributed by atoms with Crippen LogP contribution in [0.2, 0.25) is 0 Å². The topological polar surface area (TPSA) is 176 Å². The minimum absolute atomic E-state index is 0.0228. The molecule has 0 aromatic heterocycles. The van der Waals surface area contributed by atoms with Crippen LogP contribution in [0.25, 0.3) is 0 Å². The molecule has 14 nitrogen and oxygen atoms in total. The summed E-state index contributed by atoms with van der Waals surface area (Å²) in [7, 11) is -4.24. The maximum Gasteiger partial charge on any atom is 0.407 e. The van der Waals surface area contributed by atoms with Crippen molar-refractivity contribution in [1.29, 1.82) is 0 Å². The highest BCUT2D eigenvalue weighted by Crippen LogP contribution is 2.38. The number of aliphatic hydroxyl groups is 1. The Morgan fingerprint density at radius 1 is 1.00 bits per heavy atom. The van der Waals surface area contributed by atoms with Gasteiger partial charge in [-0.3, -0.25) is 4.90 Å². The minimum Gasteiger partial charge on any atom is -0.465 e. The van der Waals surface area contributed by atoms with Crippen LogP contribution in [0.1, 0.15) is 65.9 Å². The zero-order chi connectivity index (χ0) is 37.7. The minimum atomic E-state index is -4.24. The first-order valence-electron chi connectivity index (χ1n) is 18.0. The van der Waals surface area contributed by atoms with Gasteiger partial charge in [0.15, 0.2) is 17.8 Å².